The smallest absolute Gasteiger partial charge is 0.251 e. The molecule has 1 N–H and O–H groups in total. The van der Waals surface area contributed by atoms with Gasteiger partial charge in [0, 0.05) is 11.6 Å². The van der Waals surface area contributed by atoms with E-state index in [1.165, 1.54) is 0 Å². The average Bonchev–Trinajstić information content (AvgIpc) is 2.29. The first-order valence-electron chi connectivity index (χ1n) is 4.54. The molecule has 70 valence electrons. The molecule has 0 fully saturated rings. The molecule has 0 aromatic carbocycles. The first kappa shape index (κ1) is 9.78. The van der Waals surface area contributed by atoms with E-state index in [9.17, 15) is 4.79 Å². The van der Waals surface area contributed by atoms with Crippen molar-refractivity contribution in [1.29, 1.82) is 0 Å². The van der Waals surface area contributed by atoms with Crippen LogP contribution in [-0.2, 0) is 4.79 Å². The van der Waals surface area contributed by atoms with E-state index in [-0.39, 0.29) is 11.9 Å². The Morgan fingerprint density at radius 3 is 2.92 bits per heavy atom. The van der Waals surface area contributed by atoms with Gasteiger partial charge in [-0.15, -0.1) is 0 Å². The van der Waals surface area contributed by atoms with Gasteiger partial charge in [0.1, 0.15) is 0 Å². The topological polar surface area (TPSA) is 29.1 Å². The molecule has 0 aromatic rings. The normalized spacial score (nSPS) is 15.5. The maximum Gasteiger partial charge on any atom is 0.251 e. The van der Waals surface area contributed by atoms with Crippen LogP contribution in [0.15, 0.2) is 36.0 Å². The van der Waals surface area contributed by atoms with Crippen molar-refractivity contribution in [3.8, 4) is 0 Å². The van der Waals surface area contributed by atoms with Crippen LogP contribution in [0, 0.1) is 0 Å². The van der Waals surface area contributed by atoms with E-state index >= 15 is 0 Å². The minimum absolute atomic E-state index is 0.00204. The number of carbonyl (C=O) groups is 1. The Balaban J connectivity index is 2.65. The molecule has 13 heavy (non-hydrogen) atoms. The Labute approximate surface area is 79.0 Å². The lowest BCUT2D eigenvalue weighted by atomic mass is 10.2. The zero-order chi connectivity index (χ0) is 9.68. The second kappa shape index (κ2) is 4.65. The van der Waals surface area contributed by atoms with Gasteiger partial charge in [-0.25, -0.2) is 0 Å². The molecular formula is C11H15NO. The van der Waals surface area contributed by atoms with Crippen LogP contribution >= 0.6 is 0 Å². The minimum atomic E-state index is -0.00204. The molecular weight excluding hydrogens is 162 g/mol. The maximum atomic E-state index is 11.5. The molecule has 0 saturated carbocycles. The van der Waals surface area contributed by atoms with E-state index < -0.39 is 0 Å². The van der Waals surface area contributed by atoms with E-state index in [1.807, 2.05) is 44.2 Å². The molecule has 0 radical (unpaired) electrons. The second-order valence-corrected chi connectivity index (χ2v) is 3.32. The molecule has 1 aliphatic rings. The summed E-state index contributed by atoms with van der Waals surface area (Å²) in [6.07, 6.45) is 10.5. The number of hydrogen-bond donors (Lipinski definition) is 1. The van der Waals surface area contributed by atoms with Crippen LogP contribution in [0.4, 0.5) is 0 Å². The van der Waals surface area contributed by atoms with Crippen molar-refractivity contribution in [2.24, 2.45) is 0 Å². The van der Waals surface area contributed by atoms with Gasteiger partial charge in [-0.05, 0) is 26.3 Å². The average molecular weight is 177 g/mol. The molecule has 1 amide bonds. The van der Waals surface area contributed by atoms with E-state index in [2.05, 4.69) is 5.32 Å². The highest BCUT2D eigenvalue weighted by Gasteiger charge is 2.06. The summed E-state index contributed by atoms with van der Waals surface area (Å²) in [5, 5.41) is 2.85. The van der Waals surface area contributed by atoms with Crippen LogP contribution in [0.2, 0.25) is 0 Å². The van der Waals surface area contributed by atoms with Gasteiger partial charge in [-0.1, -0.05) is 24.3 Å². The number of amides is 1. The molecule has 0 atom stereocenters. The summed E-state index contributed by atoms with van der Waals surface area (Å²) < 4.78 is 0. The van der Waals surface area contributed by atoms with Crippen LogP contribution in [0.3, 0.4) is 0 Å². The van der Waals surface area contributed by atoms with Crippen LogP contribution in [0.1, 0.15) is 20.3 Å². The molecule has 0 heterocycles. The zero-order valence-corrected chi connectivity index (χ0v) is 8.08. The van der Waals surface area contributed by atoms with Crippen LogP contribution < -0.4 is 5.32 Å². The Kier molecular flexibility index (Phi) is 3.50. The second-order valence-electron chi connectivity index (χ2n) is 3.32. The summed E-state index contributed by atoms with van der Waals surface area (Å²) in [5.41, 5.74) is 0.724. The standard InChI is InChI=1S/C11H15NO/c1-9(2)12-11(13)10-7-5-3-4-6-8-10/h3,5-9H,4H2,1-2H3,(H,12,13). The Bertz CT molecular complexity index is 272. The molecule has 2 nitrogen and oxygen atoms in total. The van der Waals surface area contributed by atoms with Gasteiger partial charge in [0.25, 0.3) is 5.91 Å². The molecule has 1 aliphatic carbocycles. The van der Waals surface area contributed by atoms with Crippen LogP contribution in [-0.4, -0.2) is 11.9 Å². The third-order valence-corrected chi connectivity index (χ3v) is 1.66. The Hall–Kier alpha value is -1.31. The van der Waals surface area contributed by atoms with Crippen molar-refractivity contribution in [1.82, 2.24) is 5.32 Å². The summed E-state index contributed by atoms with van der Waals surface area (Å²) in [7, 11) is 0. The van der Waals surface area contributed by atoms with E-state index in [1.54, 1.807) is 0 Å². The molecule has 0 aromatic heterocycles. The molecule has 2 heteroatoms. The summed E-state index contributed by atoms with van der Waals surface area (Å²) >= 11 is 0. The highest BCUT2D eigenvalue weighted by Crippen LogP contribution is 2.04. The number of nitrogens with one attached hydrogen (secondary N) is 1. The predicted molar refractivity (Wildman–Crippen MR) is 54.3 cm³/mol. The largest absolute Gasteiger partial charge is 0.350 e. The van der Waals surface area contributed by atoms with Gasteiger partial charge in [-0.2, -0.15) is 0 Å². The summed E-state index contributed by atoms with van der Waals surface area (Å²) in [5.74, 6) is -0.00204. The van der Waals surface area contributed by atoms with E-state index in [4.69, 9.17) is 0 Å². The van der Waals surface area contributed by atoms with Crippen molar-refractivity contribution in [3.05, 3.63) is 36.0 Å². The van der Waals surface area contributed by atoms with Gasteiger partial charge < -0.3 is 5.32 Å². The van der Waals surface area contributed by atoms with Gasteiger partial charge >= 0.3 is 0 Å². The van der Waals surface area contributed by atoms with E-state index in [0.717, 1.165) is 12.0 Å². The molecule has 0 saturated heterocycles. The van der Waals surface area contributed by atoms with Gasteiger partial charge in [0.05, 0.1) is 0 Å². The summed E-state index contributed by atoms with van der Waals surface area (Å²) in [4.78, 5) is 11.5. The molecule has 0 aliphatic heterocycles. The first-order valence-corrected chi connectivity index (χ1v) is 4.54. The third-order valence-electron chi connectivity index (χ3n) is 1.66. The number of hydrogen-bond acceptors (Lipinski definition) is 1. The van der Waals surface area contributed by atoms with Gasteiger partial charge in [-0.3, -0.25) is 4.79 Å². The van der Waals surface area contributed by atoms with Crippen molar-refractivity contribution in [3.63, 3.8) is 0 Å². The minimum Gasteiger partial charge on any atom is -0.350 e. The fraction of sp³-hybridized carbons (Fsp3) is 0.364. The van der Waals surface area contributed by atoms with Crippen LogP contribution in [0.5, 0.6) is 0 Å². The summed E-state index contributed by atoms with van der Waals surface area (Å²) in [6, 6.07) is 0.189. The quantitative estimate of drug-likeness (QED) is 0.686. The molecule has 0 spiro atoms. The fourth-order valence-electron chi connectivity index (χ4n) is 1.08. The molecule has 0 unspecified atom stereocenters. The Morgan fingerprint density at radius 1 is 1.46 bits per heavy atom. The summed E-state index contributed by atoms with van der Waals surface area (Å²) in [6.45, 7) is 3.91. The predicted octanol–water partition coefficient (Wildman–Crippen LogP) is 1.95. The van der Waals surface area contributed by atoms with Crippen molar-refractivity contribution >= 4 is 5.91 Å². The highest BCUT2D eigenvalue weighted by atomic mass is 16.1. The lowest BCUT2D eigenvalue weighted by Gasteiger charge is -2.07. The van der Waals surface area contributed by atoms with Gasteiger partial charge in [0.15, 0.2) is 0 Å². The van der Waals surface area contributed by atoms with Crippen molar-refractivity contribution < 1.29 is 4.79 Å². The molecule has 0 bridgehead atoms. The van der Waals surface area contributed by atoms with Crippen molar-refractivity contribution in [2.45, 2.75) is 26.3 Å². The SMILES string of the molecule is CC(C)NC(=O)C1=CC=CCC=C1. The zero-order valence-electron chi connectivity index (χ0n) is 8.08. The van der Waals surface area contributed by atoms with E-state index in [0.29, 0.717) is 0 Å². The lowest BCUT2D eigenvalue weighted by Crippen LogP contribution is -2.30. The monoisotopic (exact) mass is 177 g/mol. The third kappa shape index (κ3) is 3.28. The maximum absolute atomic E-state index is 11.5. The van der Waals surface area contributed by atoms with Crippen molar-refractivity contribution in [2.75, 3.05) is 0 Å². The van der Waals surface area contributed by atoms with Crippen LogP contribution in [0.25, 0.3) is 0 Å². The first-order chi connectivity index (χ1) is 6.20. The Morgan fingerprint density at radius 2 is 2.23 bits per heavy atom. The number of rotatable bonds is 2. The van der Waals surface area contributed by atoms with Gasteiger partial charge in [0.2, 0.25) is 0 Å². The number of carbonyl (C=O) groups excluding carboxylic acids is 1. The highest BCUT2D eigenvalue weighted by molar-refractivity contribution is 5.96. The molecule has 1 rings (SSSR count). The fourth-order valence-corrected chi connectivity index (χ4v) is 1.08. The number of allylic oxidation sites excluding steroid dienone is 4. The lowest BCUT2D eigenvalue weighted by molar-refractivity contribution is -0.117.